The predicted octanol–water partition coefficient (Wildman–Crippen LogP) is 2.69. The highest BCUT2D eigenvalue weighted by Crippen LogP contribution is 2.00. The second-order valence-corrected chi connectivity index (χ2v) is 2.70. The Kier molecular flexibility index (Phi) is 9.54. The molecule has 0 saturated carbocycles. The molecule has 0 aliphatic carbocycles. The molecule has 0 aliphatic heterocycles. The highest BCUT2D eigenvalue weighted by Gasteiger charge is 1.87. The quantitative estimate of drug-likeness (QED) is 0.318. The van der Waals surface area contributed by atoms with Crippen LogP contribution in [-0.2, 0) is 9.53 Å². The van der Waals surface area contributed by atoms with Gasteiger partial charge >= 0.3 is 0 Å². The Morgan fingerprint density at radius 1 is 1.17 bits per heavy atom. The van der Waals surface area contributed by atoms with Crippen LogP contribution in [0.5, 0.6) is 0 Å². The molecule has 0 radical (unpaired) electrons. The minimum absolute atomic E-state index is 0.511. The Morgan fingerprint density at radius 3 is 2.67 bits per heavy atom. The van der Waals surface area contributed by atoms with E-state index in [4.69, 9.17) is 0 Å². The number of hydrogen-bond acceptors (Lipinski definition) is 2. The van der Waals surface area contributed by atoms with Crippen LogP contribution in [0, 0.1) is 0 Å². The van der Waals surface area contributed by atoms with E-state index in [0.29, 0.717) is 13.1 Å². The lowest BCUT2D eigenvalue weighted by Crippen LogP contribution is -1.90. The maximum Gasteiger partial charge on any atom is 0.293 e. The van der Waals surface area contributed by atoms with Crippen molar-refractivity contribution in [3.8, 4) is 0 Å². The fourth-order valence-electron chi connectivity index (χ4n) is 0.957. The number of hydrogen-bond donors (Lipinski definition) is 0. The molecule has 0 rings (SSSR count). The van der Waals surface area contributed by atoms with Crippen molar-refractivity contribution in [2.75, 3.05) is 6.61 Å². The van der Waals surface area contributed by atoms with Crippen molar-refractivity contribution in [2.45, 2.75) is 39.0 Å². The molecule has 0 aromatic rings. The molecule has 0 amide bonds. The van der Waals surface area contributed by atoms with Crippen LogP contribution < -0.4 is 0 Å². The van der Waals surface area contributed by atoms with Crippen molar-refractivity contribution in [3.05, 3.63) is 12.2 Å². The Hall–Kier alpha value is -0.790. The summed E-state index contributed by atoms with van der Waals surface area (Å²) in [6.07, 6.45) is 9.98. The Balaban J connectivity index is 2.90. The van der Waals surface area contributed by atoms with Gasteiger partial charge in [-0.25, -0.2) is 0 Å². The first-order valence-electron chi connectivity index (χ1n) is 4.62. The summed E-state index contributed by atoms with van der Waals surface area (Å²) in [6, 6.07) is 0. The van der Waals surface area contributed by atoms with E-state index in [-0.39, 0.29) is 0 Å². The van der Waals surface area contributed by atoms with Crippen LogP contribution >= 0.6 is 0 Å². The monoisotopic (exact) mass is 170 g/mol. The van der Waals surface area contributed by atoms with Crippen molar-refractivity contribution >= 4 is 6.47 Å². The minimum atomic E-state index is 0.511. The Labute approximate surface area is 74.6 Å². The van der Waals surface area contributed by atoms with Crippen LogP contribution in [0.4, 0.5) is 0 Å². The van der Waals surface area contributed by atoms with Gasteiger partial charge in [-0.15, -0.1) is 0 Å². The summed E-state index contributed by atoms with van der Waals surface area (Å²) in [5.41, 5.74) is 0. The third kappa shape index (κ3) is 9.21. The van der Waals surface area contributed by atoms with E-state index in [1.54, 1.807) is 0 Å². The van der Waals surface area contributed by atoms with Gasteiger partial charge in [0.05, 0.1) is 6.61 Å². The lowest BCUT2D eigenvalue weighted by atomic mass is 10.2. The summed E-state index contributed by atoms with van der Waals surface area (Å²) >= 11 is 0. The van der Waals surface area contributed by atoms with Gasteiger partial charge in [-0.2, -0.15) is 0 Å². The molecular formula is C10H18O2. The van der Waals surface area contributed by atoms with E-state index in [0.717, 1.165) is 25.7 Å². The topological polar surface area (TPSA) is 26.3 Å². The molecule has 0 unspecified atom stereocenters. The fourth-order valence-corrected chi connectivity index (χ4v) is 0.957. The standard InChI is InChI=1S/C10H18O2/c1-2-3-4-5-6-7-8-9-12-10-11/h3-4,10H,2,5-9H2,1H3/b4-3-. The highest BCUT2D eigenvalue weighted by molar-refractivity contribution is 5.36. The molecule has 0 heterocycles. The van der Waals surface area contributed by atoms with Crippen molar-refractivity contribution in [2.24, 2.45) is 0 Å². The Morgan fingerprint density at radius 2 is 2.00 bits per heavy atom. The summed E-state index contributed by atoms with van der Waals surface area (Å²) < 4.78 is 4.56. The number of allylic oxidation sites excluding steroid dienone is 2. The second kappa shape index (κ2) is 10.2. The van der Waals surface area contributed by atoms with E-state index >= 15 is 0 Å². The van der Waals surface area contributed by atoms with Gasteiger partial charge in [0.25, 0.3) is 6.47 Å². The first-order valence-corrected chi connectivity index (χ1v) is 4.62. The molecule has 0 bridgehead atoms. The van der Waals surface area contributed by atoms with Crippen LogP contribution in [0.3, 0.4) is 0 Å². The van der Waals surface area contributed by atoms with Crippen LogP contribution in [0.25, 0.3) is 0 Å². The molecule has 2 heteroatoms. The van der Waals surface area contributed by atoms with E-state index < -0.39 is 0 Å². The van der Waals surface area contributed by atoms with Crippen molar-refractivity contribution in [1.29, 1.82) is 0 Å². The van der Waals surface area contributed by atoms with Gasteiger partial charge in [0.1, 0.15) is 0 Å². The molecule has 0 fully saturated rings. The van der Waals surface area contributed by atoms with Gasteiger partial charge in [-0.1, -0.05) is 19.1 Å². The maximum atomic E-state index is 9.75. The average molecular weight is 170 g/mol. The van der Waals surface area contributed by atoms with E-state index in [2.05, 4.69) is 23.8 Å². The normalized spacial score (nSPS) is 10.4. The number of unbranched alkanes of at least 4 members (excludes halogenated alkanes) is 3. The molecule has 0 aromatic carbocycles. The molecule has 12 heavy (non-hydrogen) atoms. The van der Waals surface area contributed by atoms with Gasteiger partial charge in [0.2, 0.25) is 0 Å². The summed E-state index contributed by atoms with van der Waals surface area (Å²) in [7, 11) is 0. The van der Waals surface area contributed by atoms with Gasteiger partial charge < -0.3 is 4.74 Å². The van der Waals surface area contributed by atoms with Crippen molar-refractivity contribution in [1.82, 2.24) is 0 Å². The van der Waals surface area contributed by atoms with Crippen molar-refractivity contribution in [3.63, 3.8) is 0 Å². The summed E-state index contributed by atoms with van der Waals surface area (Å²) in [5.74, 6) is 0. The van der Waals surface area contributed by atoms with E-state index in [9.17, 15) is 4.79 Å². The van der Waals surface area contributed by atoms with E-state index in [1.807, 2.05) is 0 Å². The number of ether oxygens (including phenoxy) is 1. The molecule has 0 aromatic heterocycles. The summed E-state index contributed by atoms with van der Waals surface area (Å²) in [5, 5.41) is 0. The van der Waals surface area contributed by atoms with Crippen LogP contribution in [0.1, 0.15) is 39.0 Å². The van der Waals surface area contributed by atoms with Crippen LogP contribution in [-0.4, -0.2) is 13.1 Å². The molecule has 0 saturated heterocycles. The maximum absolute atomic E-state index is 9.75. The smallest absolute Gasteiger partial charge is 0.293 e. The minimum Gasteiger partial charge on any atom is -0.468 e. The highest BCUT2D eigenvalue weighted by atomic mass is 16.5. The van der Waals surface area contributed by atoms with E-state index in [1.165, 1.54) is 6.42 Å². The summed E-state index contributed by atoms with van der Waals surface area (Å²) in [6.45, 7) is 3.21. The van der Waals surface area contributed by atoms with Gasteiger partial charge in [-0.3, -0.25) is 4.79 Å². The number of rotatable bonds is 8. The number of carbonyl (C=O) groups excluding carboxylic acids is 1. The zero-order chi connectivity index (χ0) is 9.07. The van der Waals surface area contributed by atoms with Gasteiger partial charge in [0.15, 0.2) is 0 Å². The predicted molar refractivity (Wildman–Crippen MR) is 49.9 cm³/mol. The lowest BCUT2D eigenvalue weighted by Gasteiger charge is -1.96. The zero-order valence-electron chi connectivity index (χ0n) is 7.79. The lowest BCUT2D eigenvalue weighted by molar-refractivity contribution is -0.128. The third-order valence-electron chi connectivity index (χ3n) is 1.60. The van der Waals surface area contributed by atoms with Gasteiger partial charge in [-0.05, 0) is 32.1 Å². The molecule has 0 atom stereocenters. The first-order chi connectivity index (χ1) is 5.91. The summed E-state index contributed by atoms with van der Waals surface area (Å²) in [4.78, 5) is 9.75. The van der Waals surface area contributed by atoms with Gasteiger partial charge in [0, 0.05) is 0 Å². The molecule has 0 aliphatic rings. The van der Waals surface area contributed by atoms with Crippen LogP contribution in [0.2, 0.25) is 0 Å². The molecular weight excluding hydrogens is 152 g/mol. The van der Waals surface area contributed by atoms with Crippen molar-refractivity contribution < 1.29 is 9.53 Å². The molecule has 70 valence electrons. The molecule has 0 spiro atoms. The molecule has 2 nitrogen and oxygen atoms in total. The fraction of sp³-hybridized carbons (Fsp3) is 0.700. The number of carbonyl (C=O) groups is 1. The second-order valence-electron chi connectivity index (χ2n) is 2.70. The molecule has 0 N–H and O–H groups in total. The third-order valence-corrected chi connectivity index (χ3v) is 1.60. The first kappa shape index (κ1) is 11.2. The largest absolute Gasteiger partial charge is 0.468 e. The SMILES string of the molecule is CC/C=C\CCCCCOC=O. The average Bonchev–Trinajstić information content (AvgIpc) is 2.10. The Bertz CT molecular complexity index is 119. The van der Waals surface area contributed by atoms with Crippen LogP contribution in [0.15, 0.2) is 12.2 Å². The zero-order valence-corrected chi connectivity index (χ0v) is 7.79.